The van der Waals surface area contributed by atoms with Crippen molar-refractivity contribution in [3.8, 4) is 0 Å². The van der Waals surface area contributed by atoms with E-state index in [-0.39, 0.29) is 0 Å². The average Bonchev–Trinajstić information content (AvgIpc) is 3.35. The number of nitrogens with two attached hydrogens (primary N) is 1. The number of carbonyl (C=O) groups excluding carboxylic acids is 1. The van der Waals surface area contributed by atoms with Crippen LogP contribution in [0.15, 0.2) is 30.6 Å². The molecule has 3 aliphatic rings. The van der Waals surface area contributed by atoms with E-state index in [2.05, 4.69) is 57.3 Å². The molecule has 5 rings (SSSR count). The van der Waals surface area contributed by atoms with Crippen molar-refractivity contribution in [2.75, 3.05) is 5.32 Å². The maximum absolute atomic E-state index is 12.0. The molecule has 6 nitrogen and oxygen atoms in total. The number of anilines is 1. The minimum atomic E-state index is -0.415. The standard InChI is InChI=1S/C22H27N5O/c1-26-9-3-4-17(26)13-27-15-7-8-16(27)11-14(10-15)25-21-18-5-2-6-20(18)24-12-19(21)22(23)28/h2-5,9,12,14-16H,6-8,10-11,13H2,1H3,(H2,23,28)(H,24,25)/t14?,15-,16+. The number of hydrogen-bond donors (Lipinski definition) is 2. The van der Waals surface area contributed by atoms with Gasteiger partial charge in [-0.3, -0.25) is 14.7 Å². The molecule has 1 aliphatic carbocycles. The van der Waals surface area contributed by atoms with Crippen LogP contribution in [0.4, 0.5) is 5.69 Å². The van der Waals surface area contributed by atoms with Gasteiger partial charge < -0.3 is 15.6 Å². The maximum Gasteiger partial charge on any atom is 0.252 e. The number of rotatable bonds is 5. The molecule has 6 heteroatoms. The number of primary amides is 1. The zero-order valence-electron chi connectivity index (χ0n) is 16.3. The Balaban J connectivity index is 1.35. The molecule has 146 valence electrons. The molecule has 2 aromatic heterocycles. The van der Waals surface area contributed by atoms with Crippen LogP contribution in [0.3, 0.4) is 0 Å². The zero-order chi connectivity index (χ0) is 19.3. The number of nitrogens with zero attached hydrogens (tertiary/aromatic N) is 3. The van der Waals surface area contributed by atoms with Gasteiger partial charge in [0.15, 0.2) is 0 Å². The molecular weight excluding hydrogens is 350 g/mol. The number of piperidine rings is 1. The fourth-order valence-corrected chi connectivity index (χ4v) is 5.24. The molecule has 2 saturated heterocycles. The van der Waals surface area contributed by atoms with Gasteiger partial charge in [0.25, 0.3) is 5.91 Å². The Hall–Kier alpha value is -2.60. The SMILES string of the molecule is Cn1cccc1CN1[C@@H]2CC[C@H]1CC(Nc1c(C(N)=O)cnc3c1C=CC3)C2. The summed E-state index contributed by atoms with van der Waals surface area (Å²) < 4.78 is 2.22. The fraction of sp³-hybridized carbons (Fsp3) is 0.455. The van der Waals surface area contributed by atoms with Crippen molar-refractivity contribution in [2.45, 2.75) is 56.8 Å². The third-order valence-electron chi connectivity index (χ3n) is 6.69. The topological polar surface area (TPSA) is 76.2 Å². The molecule has 2 aromatic rings. The van der Waals surface area contributed by atoms with Gasteiger partial charge in [0.1, 0.15) is 0 Å². The summed E-state index contributed by atoms with van der Waals surface area (Å²) in [5, 5.41) is 3.70. The van der Waals surface area contributed by atoms with Crippen LogP contribution in [0.2, 0.25) is 0 Å². The molecule has 28 heavy (non-hydrogen) atoms. The summed E-state index contributed by atoms with van der Waals surface area (Å²) in [6.45, 7) is 1.02. The summed E-state index contributed by atoms with van der Waals surface area (Å²) >= 11 is 0. The fourth-order valence-electron chi connectivity index (χ4n) is 5.24. The largest absolute Gasteiger partial charge is 0.381 e. The van der Waals surface area contributed by atoms with E-state index in [1.807, 2.05) is 0 Å². The summed E-state index contributed by atoms with van der Waals surface area (Å²) in [5.41, 5.74) is 10.5. The Morgan fingerprint density at radius 2 is 2.11 bits per heavy atom. The van der Waals surface area contributed by atoms with Gasteiger partial charge in [0.05, 0.1) is 16.9 Å². The van der Waals surface area contributed by atoms with Crippen molar-refractivity contribution >= 4 is 17.7 Å². The Morgan fingerprint density at radius 1 is 1.32 bits per heavy atom. The van der Waals surface area contributed by atoms with Crippen molar-refractivity contribution in [3.05, 3.63) is 53.1 Å². The number of aromatic nitrogens is 2. The van der Waals surface area contributed by atoms with E-state index < -0.39 is 5.91 Å². The lowest BCUT2D eigenvalue weighted by Gasteiger charge is -2.40. The number of nitrogens with one attached hydrogen (secondary N) is 1. The van der Waals surface area contributed by atoms with E-state index >= 15 is 0 Å². The molecule has 2 bridgehead atoms. The van der Waals surface area contributed by atoms with Gasteiger partial charge in [-0.1, -0.05) is 12.2 Å². The van der Waals surface area contributed by atoms with E-state index in [0.717, 1.165) is 42.8 Å². The van der Waals surface area contributed by atoms with Gasteiger partial charge in [-0.15, -0.1) is 0 Å². The summed E-state index contributed by atoms with van der Waals surface area (Å²) in [6.07, 6.45) is 13.4. The molecule has 0 radical (unpaired) electrons. The minimum absolute atomic E-state index is 0.362. The number of carbonyl (C=O) groups is 1. The Morgan fingerprint density at radius 3 is 2.79 bits per heavy atom. The van der Waals surface area contributed by atoms with Gasteiger partial charge in [-0.25, -0.2) is 0 Å². The second-order valence-electron chi connectivity index (χ2n) is 8.36. The predicted molar refractivity (Wildman–Crippen MR) is 110 cm³/mol. The molecule has 2 aliphatic heterocycles. The van der Waals surface area contributed by atoms with Crippen LogP contribution in [-0.4, -0.2) is 38.5 Å². The number of amides is 1. The van der Waals surface area contributed by atoms with Crippen LogP contribution in [0.5, 0.6) is 0 Å². The maximum atomic E-state index is 12.0. The normalized spacial score (nSPS) is 25.8. The van der Waals surface area contributed by atoms with Crippen LogP contribution in [0.1, 0.15) is 53.0 Å². The number of pyridine rings is 1. The Kier molecular flexibility index (Phi) is 4.23. The van der Waals surface area contributed by atoms with Gasteiger partial charge >= 0.3 is 0 Å². The van der Waals surface area contributed by atoms with Gasteiger partial charge in [0, 0.05) is 61.8 Å². The van der Waals surface area contributed by atoms with E-state index in [0.29, 0.717) is 23.7 Å². The highest BCUT2D eigenvalue weighted by molar-refractivity contribution is 6.00. The highest BCUT2D eigenvalue weighted by Crippen LogP contribution is 2.39. The van der Waals surface area contributed by atoms with E-state index in [1.165, 1.54) is 18.5 Å². The third-order valence-corrected chi connectivity index (χ3v) is 6.69. The highest BCUT2D eigenvalue weighted by atomic mass is 16.1. The zero-order valence-corrected chi connectivity index (χ0v) is 16.3. The average molecular weight is 377 g/mol. The molecule has 0 saturated carbocycles. The monoisotopic (exact) mass is 377 g/mol. The van der Waals surface area contributed by atoms with Crippen LogP contribution in [0.25, 0.3) is 6.08 Å². The lowest BCUT2D eigenvalue weighted by Crippen LogP contribution is -2.46. The number of fused-ring (bicyclic) bond motifs is 3. The lowest BCUT2D eigenvalue weighted by molar-refractivity contribution is 0.100. The van der Waals surface area contributed by atoms with Crippen molar-refractivity contribution in [2.24, 2.45) is 12.8 Å². The Bertz CT molecular complexity index is 932. The summed E-state index contributed by atoms with van der Waals surface area (Å²) in [6, 6.07) is 5.88. The first-order valence-corrected chi connectivity index (χ1v) is 10.2. The minimum Gasteiger partial charge on any atom is -0.381 e. The lowest BCUT2D eigenvalue weighted by atomic mass is 9.95. The molecule has 1 amide bonds. The molecular formula is C22H27N5O. The molecule has 2 fully saturated rings. The van der Waals surface area contributed by atoms with Gasteiger partial charge in [0.2, 0.25) is 0 Å². The smallest absolute Gasteiger partial charge is 0.252 e. The van der Waals surface area contributed by atoms with E-state index in [1.54, 1.807) is 6.20 Å². The van der Waals surface area contributed by atoms with Crippen LogP contribution < -0.4 is 11.1 Å². The van der Waals surface area contributed by atoms with Crippen molar-refractivity contribution in [1.29, 1.82) is 0 Å². The molecule has 0 spiro atoms. The summed E-state index contributed by atoms with van der Waals surface area (Å²) in [7, 11) is 2.12. The van der Waals surface area contributed by atoms with Crippen molar-refractivity contribution in [3.63, 3.8) is 0 Å². The second-order valence-corrected chi connectivity index (χ2v) is 8.36. The van der Waals surface area contributed by atoms with Crippen LogP contribution >= 0.6 is 0 Å². The van der Waals surface area contributed by atoms with Gasteiger partial charge in [-0.2, -0.15) is 0 Å². The summed E-state index contributed by atoms with van der Waals surface area (Å²) in [5.74, 6) is -0.415. The second kappa shape index (κ2) is 6.78. The Labute approximate surface area is 165 Å². The van der Waals surface area contributed by atoms with Crippen molar-refractivity contribution in [1.82, 2.24) is 14.5 Å². The summed E-state index contributed by atoms with van der Waals surface area (Å²) in [4.78, 5) is 19.1. The molecule has 3 atom stereocenters. The first-order valence-electron chi connectivity index (χ1n) is 10.2. The highest BCUT2D eigenvalue weighted by Gasteiger charge is 2.41. The predicted octanol–water partition coefficient (Wildman–Crippen LogP) is 2.70. The molecule has 3 N–H and O–H groups in total. The quantitative estimate of drug-likeness (QED) is 0.840. The van der Waals surface area contributed by atoms with E-state index in [4.69, 9.17) is 5.73 Å². The number of hydrogen-bond acceptors (Lipinski definition) is 4. The first-order chi connectivity index (χ1) is 13.6. The van der Waals surface area contributed by atoms with E-state index in [9.17, 15) is 4.79 Å². The van der Waals surface area contributed by atoms with Crippen molar-refractivity contribution < 1.29 is 4.79 Å². The number of aryl methyl sites for hydroxylation is 1. The van der Waals surface area contributed by atoms with Crippen LogP contribution in [0, 0.1) is 0 Å². The first kappa shape index (κ1) is 17.5. The van der Waals surface area contributed by atoms with Gasteiger partial charge in [-0.05, 0) is 37.8 Å². The molecule has 0 aromatic carbocycles. The molecule has 1 unspecified atom stereocenters. The van der Waals surface area contributed by atoms with Crippen LogP contribution in [-0.2, 0) is 20.0 Å². The molecule has 4 heterocycles. The number of allylic oxidation sites excluding steroid dienone is 1. The third kappa shape index (κ3) is 2.92.